The molecule has 1 aromatic heterocycles. The molecule has 1 amide bonds. The maximum Gasteiger partial charge on any atom is 0.255 e. The van der Waals surface area contributed by atoms with E-state index in [1.165, 1.54) is 6.07 Å². The quantitative estimate of drug-likeness (QED) is 0.828. The SMILES string of the molecule is CCOc1ccc(C(=O)N2CCSC(c3ccccc3F)CC2)cn1. The first-order valence-electron chi connectivity index (χ1n) is 8.43. The van der Waals surface area contributed by atoms with Gasteiger partial charge in [0.15, 0.2) is 0 Å². The van der Waals surface area contributed by atoms with Gasteiger partial charge in [0.1, 0.15) is 5.82 Å². The van der Waals surface area contributed by atoms with Gasteiger partial charge in [0.25, 0.3) is 5.91 Å². The van der Waals surface area contributed by atoms with E-state index in [9.17, 15) is 9.18 Å². The molecule has 1 unspecified atom stereocenters. The second-order valence-corrected chi connectivity index (χ2v) is 7.09. The summed E-state index contributed by atoms with van der Waals surface area (Å²) in [6.45, 7) is 3.70. The highest BCUT2D eigenvalue weighted by molar-refractivity contribution is 7.99. The van der Waals surface area contributed by atoms with Crippen LogP contribution in [-0.2, 0) is 0 Å². The molecule has 6 heteroatoms. The zero-order chi connectivity index (χ0) is 17.6. The van der Waals surface area contributed by atoms with Crippen molar-refractivity contribution in [2.75, 3.05) is 25.4 Å². The molecule has 3 rings (SSSR count). The lowest BCUT2D eigenvalue weighted by Crippen LogP contribution is -2.33. The normalized spacial score (nSPS) is 17.8. The molecule has 0 saturated carbocycles. The highest BCUT2D eigenvalue weighted by atomic mass is 32.2. The van der Waals surface area contributed by atoms with E-state index in [1.54, 1.807) is 36.2 Å². The molecule has 0 bridgehead atoms. The Bertz CT molecular complexity index is 724. The van der Waals surface area contributed by atoms with Crippen molar-refractivity contribution in [2.24, 2.45) is 0 Å². The fourth-order valence-electron chi connectivity index (χ4n) is 2.88. The predicted molar refractivity (Wildman–Crippen MR) is 97.5 cm³/mol. The summed E-state index contributed by atoms with van der Waals surface area (Å²) in [7, 11) is 0. The number of carbonyl (C=O) groups excluding carboxylic acids is 1. The van der Waals surface area contributed by atoms with Crippen LogP contribution in [0.25, 0.3) is 0 Å². The maximum absolute atomic E-state index is 14.0. The minimum Gasteiger partial charge on any atom is -0.478 e. The molecular formula is C19H21FN2O2S. The van der Waals surface area contributed by atoms with Gasteiger partial charge in [0.2, 0.25) is 5.88 Å². The Morgan fingerprint density at radius 1 is 1.32 bits per heavy atom. The van der Waals surface area contributed by atoms with E-state index in [2.05, 4.69) is 4.98 Å². The fraction of sp³-hybridized carbons (Fsp3) is 0.368. The van der Waals surface area contributed by atoms with Gasteiger partial charge in [-0.2, -0.15) is 11.8 Å². The number of rotatable bonds is 4. The highest BCUT2D eigenvalue weighted by Gasteiger charge is 2.24. The van der Waals surface area contributed by atoms with Crippen molar-refractivity contribution in [1.29, 1.82) is 0 Å². The molecule has 1 aliphatic heterocycles. The number of benzene rings is 1. The van der Waals surface area contributed by atoms with Gasteiger partial charge in [-0.25, -0.2) is 9.37 Å². The molecule has 1 fully saturated rings. The smallest absolute Gasteiger partial charge is 0.255 e. The lowest BCUT2D eigenvalue weighted by molar-refractivity contribution is 0.0766. The van der Waals surface area contributed by atoms with E-state index >= 15 is 0 Å². The van der Waals surface area contributed by atoms with E-state index in [-0.39, 0.29) is 17.0 Å². The first-order chi connectivity index (χ1) is 12.2. The van der Waals surface area contributed by atoms with Crippen LogP contribution in [0.1, 0.15) is 34.5 Å². The van der Waals surface area contributed by atoms with Crippen LogP contribution in [0, 0.1) is 5.82 Å². The monoisotopic (exact) mass is 360 g/mol. The van der Waals surface area contributed by atoms with Crippen LogP contribution in [0.3, 0.4) is 0 Å². The van der Waals surface area contributed by atoms with Crippen molar-refractivity contribution in [2.45, 2.75) is 18.6 Å². The van der Waals surface area contributed by atoms with Gasteiger partial charge in [0, 0.05) is 41.9 Å². The Labute approximate surface area is 151 Å². The maximum atomic E-state index is 14.0. The zero-order valence-electron chi connectivity index (χ0n) is 14.2. The molecule has 2 aromatic rings. The van der Waals surface area contributed by atoms with Gasteiger partial charge >= 0.3 is 0 Å². The van der Waals surface area contributed by atoms with E-state index in [0.717, 1.165) is 17.7 Å². The van der Waals surface area contributed by atoms with Crippen LogP contribution in [0.5, 0.6) is 5.88 Å². The molecule has 0 spiro atoms. The summed E-state index contributed by atoms with van der Waals surface area (Å²) < 4.78 is 19.3. The van der Waals surface area contributed by atoms with Gasteiger partial charge in [-0.05, 0) is 25.5 Å². The molecule has 0 N–H and O–H groups in total. The third kappa shape index (κ3) is 4.31. The van der Waals surface area contributed by atoms with Crippen LogP contribution in [0.15, 0.2) is 42.6 Å². The molecular weight excluding hydrogens is 339 g/mol. The van der Waals surface area contributed by atoms with Crippen LogP contribution in [-0.4, -0.2) is 41.2 Å². The molecule has 2 heterocycles. The summed E-state index contributed by atoms with van der Waals surface area (Å²) in [5.74, 6) is 1.10. The molecule has 1 atom stereocenters. The molecule has 132 valence electrons. The van der Waals surface area contributed by atoms with Crippen LogP contribution < -0.4 is 4.74 Å². The Morgan fingerprint density at radius 2 is 2.16 bits per heavy atom. The summed E-state index contributed by atoms with van der Waals surface area (Å²) in [4.78, 5) is 18.7. The standard InChI is InChI=1S/C19H21FN2O2S/c1-2-24-18-8-7-14(13-21-18)19(23)22-10-9-17(25-12-11-22)15-5-3-4-6-16(15)20/h3-8,13,17H,2,9-12H2,1H3. The first kappa shape index (κ1) is 17.7. The molecule has 1 aliphatic rings. The minimum absolute atomic E-state index is 0.0367. The van der Waals surface area contributed by atoms with Crippen molar-refractivity contribution in [1.82, 2.24) is 9.88 Å². The highest BCUT2D eigenvalue weighted by Crippen LogP contribution is 2.35. The van der Waals surface area contributed by atoms with E-state index in [4.69, 9.17) is 4.74 Å². The lowest BCUT2D eigenvalue weighted by atomic mass is 10.1. The fourth-order valence-corrected chi connectivity index (χ4v) is 4.13. The Balaban J connectivity index is 1.66. The number of amides is 1. The topological polar surface area (TPSA) is 42.4 Å². The molecule has 0 radical (unpaired) electrons. The summed E-state index contributed by atoms with van der Waals surface area (Å²) in [5, 5.41) is 0.0810. The van der Waals surface area contributed by atoms with Gasteiger partial charge in [-0.1, -0.05) is 18.2 Å². The lowest BCUT2D eigenvalue weighted by Gasteiger charge is -2.20. The molecule has 4 nitrogen and oxygen atoms in total. The average molecular weight is 360 g/mol. The summed E-state index contributed by atoms with van der Waals surface area (Å²) in [6, 6.07) is 10.3. The van der Waals surface area contributed by atoms with Crippen molar-refractivity contribution >= 4 is 17.7 Å². The van der Waals surface area contributed by atoms with Crippen LogP contribution in [0.4, 0.5) is 4.39 Å². The van der Waals surface area contributed by atoms with Gasteiger partial charge in [0.05, 0.1) is 12.2 Å². The van der Waals surface area contributed by atoms with Gasteiger partial charge < -0.3 is 9.64 Å². The number of ether oxygens (including phenoxy) is 1. The number of pyridine rings is 1. The third-order valence-corrected chi connectivity index (χ3v) is 5.47. The first-order valence-corrected chi connectivity index (χ1v) is 9.48. The Hall–Kier alpha value is -2.08. The van der Waals surface area contributed by atoms with Crippen molar-refractivity contribution in [3.05, 3.63) is 59.5 Å². The number of hydrogen-bond donors (Lipinski definition) is 0. The van der Waals surface area contributed by atoms with Crippen molar-refractivity contribution in [3.8, 4) is 5.88 Å². The Morgan fingerprint density at radius 3 is 2.88 bits per heavy atom. The number of nitrogens with zero attached hydrogens (tertiary/aromatic N) is 2. The van der Waals surface area contributed by atoms with E-state index in [0.29, 0.717) is 31.1 Å². The van der Waals surface area contributed by atoms with Crippen molar-refractivity contribution in [3.63, 3.8) is 0 Å². The number of aromatic nitrogens is 1. The largest absolute Gasteiger partial charge is 0.478 e. The van der Waals surface area contributed by atoms with Crippen LogP contribution >= 0.6 is 11.8 Å². The minimum atomic E-state index is -0.171. The number of halogens is 1. The average Bonchev–Trinajstić information content (AvgIpc) is 2.88. The number of thioether (sulfide) groups is 1. The van der Waals surface area contributed by atoms with Gasteiger partial charge in [-0.3, -0.25) is 4.79 Å². The predicted octanol–water partition coefficient (Wildman–Crippen LogP) is 3.94. The van der Waals surface area contributed by atoms with Crippen LogP contribution in [0.2, 0.25) is 0 Å². The Kier molecular flexibility index (Phi) is 5.91. The summed E-state index contributed by atoms with van der Waals surface area (Å²) >= 11 is 1.71. The van der Waals surface area contributed by atoms with Gasteiger partial charge in [-0.15, -0.1) is 0 Å². The zero-order valence-corrected chi connectivity index (χ0v) is 15.0. The molecule has 1 aromatic carbocycles. The number of hydrogen-bond acceptors (Lipinski definition) is 4. The molecule has 0 aliphatic carbocycles. The third-order valence-electron chi connectivity index (χ3n) is 4.16. The summed E-state index contributed by atoms with van der Waals surface area (Å²) in [6.07, 6.45) is 2.29. The van der Waals surface area contributed by atoms with Crippen molar-refractivity contribution < 1.29 is 13.9 Å². The molecule has 25 heavy (non-hydrogen) atoms. The summed E-state index contributed by atoms with van der Waals surface area (Å²) in [5.41, 5.74) is 1.28. The number of carbonyl (C=O) groups is 1. The molecule has 1 saturated heterocycles. The van der Waals surface area contributed by atoms with E-state index < -0.39 is 0 Å². The second kappa shape index (κ2) is 8.34. The second-order valence-electron chi connectivity index (χ2n) is 5.78. The van der Waals surface area contributed by atoms with E-state index in [1.807, 2.05) is 24.0 Å².